The first-order valence-electron chi connectivity index (χ1n) is 5.39. The summed E-state index contributed by atoms with van der Waals surface area (Å²) < 4.78 is 2.05. The van der Waals surface area contributed by atoms with Crippen LogP contribution < -0.4 is 0 Å². The van der Waals surface area contributed by atoms with Crippen LogP contribution in [0.1, 0.15) is 41.5 Å². The maximum atomic E-state index is 11.8. The molecule has 0 fully saturated rings. The van der Waals surface area contributed by atoms with E-state index in [9.17, 15) is 9.59 Å². The smallest absolute Gasteiger partial charge is 0.303 e. The van der Waals surface area contributed by atoms with Gasteiger partial charge in [-0.15, -0.1) is 0 Å². The molecule has 4 heteroatoms. The minimum atomic E-state index is -0.933. The third-order valence-corrected chi connectivity index (χ3v) is 2.76. The summed E-state index contributed by atoms with van der Waals surface area (Å²) in [6.45, 7) is 6.68. The molecule has 0 radical (unpaired) electrons. The summed E-state index contributed by atoms with van der Waals surface area (Å²) in [7, 11) is 0. The highest BCUT2D eigenvalue weighted by molar-refractivity contribution is 5.98. The van der Waals surface area contributed by atoms with E-state index in [1.807, 2.05) is 31.4 Å². The summed E-state index contributed by atoms with van der Waals surface area (Å²) in [6.07, 6.45) is -0.0298. The van der Waals surface area contributed by atoms with E-state index in [1.165, 1.54) is 0 Å². The Labute approximate surface area is 94.9 Å². The molecular weight excluding hydrogens is 206 g/mol. The van der Waals surface area contributed by atoms with Crippen molar-refractivity contribution >= 4 is 11.8 Å². The largest absolute Gasteiger partial charge is 0.481 e. The lowest BCUT2D eigenvalue weighted by Crippen LogP contribution is -2.06. The average Bonchev–Trinajstić information content (AvgIpc) is 2.50. The SMILES string of the molecule is CCn1c(C)cc(C(=O)CCC(=O)O)c1C. The molecule has 0 aliphatic carbocycles. The van der Waals surface area contributed by atoms with Gasteiger partial charge in [0.1, 0.15) is 0 Å². The molecular formula is C12H17NO3. The number of carboxylic acids is 1. The first-order chi connectivity index (χ1) is 7.47. The molecule has 0 unspecified atom stereocenters. The van der Waals surface area contributed by atoms with E-state index in [0.717, 1.165) is 17.9 Å². The van der Waals surface area contributed by atoms with E-state index >= 15 is 0 Å². The van der Waals surface area contributed by atoms with Crippen molar-refractivity contribution in [2.24, 2.45) is 0 Å². The monoisotopic (exact) mass is 223 g/mol. The Hall–Kier alpha value is -1.58. The summed E-state index contributed by atoms with van der Waals surface area (Å²) in [4.78, 5) is 22.2. The first kappa shape index (κ1) is 12.5. The maximum absolute atomic E-state index is 11.8. The summed E-state index contributed by atoms with van der Waals surface area (Å²) >= 11 is 0. The lowest BCUT2D eigenvalue weighted by Gasteiger charge is -2.05. The highest BCUT2D eigenvalue weighted by Gasteiger charge is 2.15. The van der Waals surface area contributed by atoms with Crippen molar-refractivity contribution in [3.63, 3.8) is 0 Å². The Kier molecular flexibility index (Phi) is 3.88. The first-order valence-corrected chi connectivity index (χ1v) is 5.39. The summed E-state index contributed by atoms with van der Waals surface area (Å²) in [5, 5.41) is 8.53. The van der Waals surface area contributed by atoms with Gasteiger partial charge in [0.05, 0.1) is 6.42 Å². The quantitative estimate of drug-likeness (QED) is 0.778. The minimum absolute atomic E-state index is 0.0728. The zero-order chi connectivity index (χ0) is 12.3. The summed E-state index contributed by atoms with van der Waals surface area (Å²) in [5.74, 6) is -1.02. The van der Waals surface area contributed by atoms with Crippen molar-refractivity contribution < 1.29 is 14.7 Å². The molecule has 0 aliphatic rings. The molecule has 1 N–H and O–H groups in total. The Morgan fingerprint density at radius 1 is 1.31 bits per heavy atom. The van der Waals surface area contributed by atoms with Gasteiger partial charge in [-0.1, -0.05) is 0 Å². The molecule has 1 aromatic rings. The summed E-state index contributed by atoms with van der Waals surface area (Å²) in [5.41, 5.74) is 2.62. The normalized spacial score (nSPS) is 10.4. The fraction of sp³-hybridized carbons (Fsp3) is 0.500. The van der Waals surface area contributed by atoms with Crippen LogP contribution in [0.25, 0.3) is 0 Å². The molecule has 0 saturated heterocycles. The molecule has 88 valence electrons. The van der Waals surface area contributed by atoms with Gasteiger partial charge in [-0.25, -0.2) is 0 Å². The topological polar surface area (TPSA) is 59.3 Å². The third-order valence-electron chi connectivity index (χ3n) is 2.76. The van der Waals surface area contributed by atoms with Gasteiger partial charge >= 0.3 is 5.97 Å². The molecule has 0 aliphatic heterocycles. The van der Waals surface area contributed by atoms with Crippen molar-refractivity contribution in [3.8, 4) is 0 Å². The standard InChI is InChI=1S/C12H17NO3/c1-4-13-8(2)7-10(9(13)3)11(14)5-6-12(15)16/h7H,4-6H2,1-3H3,(H,15,16). The summed E-state index contributed by atoms with van der Waals surface area (Å²) in [6, 6.07) is 1.84. The van der Waals surface area contributed by atoms with Crippen LogP contribution in [0.5, 0.6) is 0 Å². The third kappa shape index (κ3) is 2.51. The molecule has 0 amide bonds. The second-order valence-corrected chi connectivity index (χ2v) is 3.85. The molecule has 4 nitrogen and oxygen atoms in total. The molecule has 1 aromatic heterocycles. The van der Waals surface area contributed by atoms with Gasteiger partial charge in [-0.3, -0.25) is 9.59 Å². The molecule has 0 saturated carbocycles. The van der Waals surface area contributed by atoms with Crippen LogP contribution in [-0.4, -0.2) is 21.4 Å². The minimum Gasteiger partial charge on any atom is -0.481 e. The van der Waals surface area contributed by atoms with Crippen molar-refractivity contribution in [2.75, 3.05) is 0 Å². The van der Waals surface area contributed by atoms with E-state index in [0.29, 0.717) is 5.56 Å². The molecule has 1 heterocycles. The average molecular weight is 223 g/mol. The molecule has 0 spiro atoms. The van der Waals surface area contributed by atoms with E-state index < -0.39 is 5.97 Å². The van der Waals surface area contributed by atoms with E-state index in [4.69, 9.17) is 5.11 Å². The number of aliphatic carboxylic acids is 1. The highest BCUT2D eigenvalue weighted by atomic mass is 16.4. The van der Waals surface area contributed by atoms with Gasteiger partial charge in [0.15, 0.2) is 5.78 Å². The van der Waals surface area contributed by atoms with Crippen molar-refractivity contribution in [2.45, 2.75) is 40.2 Å². The maximum Gasteiger partial charge on any atom is 0.303 e. The van der Waals surface area contributed by atoms with Crippen molar-refractivity contribution in [1.29, 1.82) is 0 Å². The van der Waals surface area contributed by atoms with E-state index in [2.05, 4.69) is 0 Å². The van der Waals surface area contributed by atoms with Crippen LogP contribution in [-0.2, 0) is 11.3 Å². The zero-order valence-electron chi connectivity index (χ0n) is 9.91. The van der Waals surface area contributed by atoms with E-state index in [-0.39, 0.29) is 18.6 Å². The highest BCUT2D eigenvalue weighted by Crippen LogP contribution is 2.17. The van der Waals surface area contributed by atoms with Gasteiger partial charge in [-0.2, -0.15) is 0 Å². The van der Waals surface area contributed by atoms with Crippen LogP contribution in [0.2, 0.25) is 0 Å². The fourth-order valence-corrected chi connectivity index (χ4v) is 1.93. The number of hydrogen-bond acceptors (Lipinski definition) is 2. The molecule has 16 heavy (non-hydrogen) atoms. The predicted molar refractivity (Wildman–Crippen MR) is 60.8 cm³/mol. The Morgan fingerprint density at radius 3 is 2.38 bits per heavy atom. The number of carboxylic acid groups (broad SMARTS) is 1. The second kappa shape index (κ2) is 4.96. The van der Waals surface area contributed by atoms with Crippen LogP contribution in [0.4, 0.5) is 0 Å². The molecule has 1 rings (SSSR count). The van der Waals surface area contributed by atoms with Gasteiger partial charge < -0.3 is 9.67 Å². The number of aryl methyl sites for hydroxylation is 1. The number of nitrogens with zero attached hydrogens (tertiary/aromatic N) is 1. The number of carbonyl (C=O) groups is 2. The predicted octanol–water partition coefficient (Wildman–Crippen LogP) is 2.17. The van der Waals surface area contributed by atoms with Crippen LogP contribution in [0.3, 0.4) is 0 Å². The van der Waals surface area contributed by atoms with Crippen molar-refractivity contribution in [3.05, 3.63) is 23.0 Å². The van der Waals surface area contributed by atoms with E-state index in [1.54, 1.807) is 0 Å². The number of hydrogen-bond donors (Lipinski definition) is 1. The zero-order valence-corrected chi connectivity index (χ0v) is 9.91. The lowest BCUT2D eigenvalue weighted by atomic mass is 10.1. The van der Waals surface area contributed by atoms with Gasteiger partial charge in [0.25, 0.3) is 0 Å². The number of ketones is 1. The second-order valence-electron chi connectivity index (χ2n) is 3.85. The van der Waals surface area contributed by atoms with Crippen LogP contribution in [0, 0.1) is 13.8 Å². The van der Waals surface area contributed by atoms with Gasteiger partial charge in [0, 0.05) is 29.9 Å². The van der Waals surface area contributed by atoms with Gasteiger partial charge in [0.2, 0.25) is 0 Å². The van der Waals surface area contributed by atoms with Crippen molar-refractivity contribution in [1.82, 2.24) is 4.57 Å². The van der Waals surface area contributed by atoms with Crippen LogP contribution >= 0.6 is 0 Å². The lowest BCUT2D eigenvalue weighted by molar-refractivity contribution is -0.136. The molecule has 0 atom stereocenters. The number of aromatic nitrogens is 1. The number of Topliss-reactive ketones (excluding diaryl/α,β-unsaturated/α-hetero) is 1. The number of carbonyl (C=O) groups excluding carboxylic acids is 1. The Morgan fingerprint density at radius 2 is 1.94 bits per heavy atom. The Balaban J connectivity index is 2.88. The number of rotatable bonds is 5. The van der Waals surface area contributed by atoms with Crippen LogP contribution in [0.15, 0.2) is 6.07 Å². The fourth-order valence-electron chi connectivity index (χ4n) is 1.93. The molecule has 0 bridgehead atoms. The van der Waals surface area contributed by atoms with Gasteiger partial charge in [-0.05, 0) is 26.8 Å². The Bertz CT molecular complexity index is 418. The molecule has 0 aromatic carbocycles.